The first kappa shape index (κ1) is 20.1. The zero-order valence-corrected chi connectivity index (χ0v) is 14.0. The predicted octanol–water partition coefficient (Wildman–Crippen LogP) is 0.754. The second-order valence-electron chi connectivity index (χ2n) is 4.77. The fourth-order valence-corrected chi connectivity index (χ4v) is 2.83. The highest BCUT2D eigenvalue weighted by molar-refractivity contribution is 7.89. The number of hydrogen-bond donors (Lipinski definition) is 3. The highest BCUT2D eigenvalue weighted by Crippen LogP contribution is 2.16. The smallest absolute Gasteiger partial charge is 0.240 e. The van der Waals surface area contributed by atoms with Crippen LogP contribution in [0.15, 0.2) is 29.2 Å². The van der Waals surface area contributed by atoms with Crippen LogP contribution in [0.1, 0.15) is 13.8 Å². The maximum absolute atomic E-state index is 11.9. The van der Waals surface area contributed by atoms with E-state index in [4.69, 9.17) is 4.74 Å². The number of benzene rings is 1. The molecule has 0 aliphatic heterocycles. The Morgan fingerprint density at radius 3 is 2.29 bits per heavy atom. The Balaban J connectivity index is 0.00000400. The van der Waals surface area contributed by atoms with Gasteiger partial charge in [0.25, 0.3) is 0 Å². The van der Waals surface area contributed by atoms with E-state index in [2.05, 4.69) is 10.0 Å². The van der Waals surface area contributed by atoms with Crippen LogP contribution in [0.3, 0.4) is 0 Å². The number of aliphatic hydroxyl groups is 1. The third-order valence-electron chi connectivity index (χ3n) is 2.41. The molecule has 1 rings (SSSR count). The van der Waals surface area contributed by atoms with E-state index in [-0.39, 0.29) is 30.0 Å². The van der Waals surface area contributed by atoms with E-state index in [9.17, 15) is 13.5 Å². The summed E-state index contributed by atoms with van der Waals surface area (Å²) in [7, 11) is -1.74. The molecule has 0 saturated heterocycles. The quantitative estimate of drug-likeness (QED) is 0.651. The van der Waals surface area contributed by atoms with Crippen molar-refractivity contribution in [2.45, 2.75) is 30.9 Å². The van der Waals surface area contributed by atoms with Crippen LogP contribution in [0.4, 0.5) is 0 Å². The summed E-state index contributed by atoms with van der Waals surface area (Å²) in [5, 5.41) is 12.3. The summed E-state index contributed by atoms with van der Waals surface area (Å²) < 4.78 is 31.7. The normalized spacial score (nSPS) is 12.8. The van der Waals surface area contributed by atoms with Crippen molar-refractivity contribution in [3.05, 3.63) is 24.3 Å². The zero-order valence-electron chi connectivity index (χ0n) is 12.4. The first-order valence-corrected chi connectivity index (χ1v) is 7.91. The van der Waals surface area contributed by atoms with Gasteiger partial charge in [-0.1, -0.05) is 0 Å². The lowest BCUT2D eigenvalue weighted by Crippen LogP contribution is -2.30. The lowest BCUT2D eigenvalue weighted by molar-refractivity contribution is 0.108. The molecule has 0 fully saturated rings. The SMILES string of the molecule is CNCC(O)COc1ccc(S(=O)(=O)NC(C)C)cc1.Cl. The van der Waals surface area contributed by atoms with Crippen LogP contribution in [-0.2, 0) is 10.0 Å². The molecule has 0 saturated carbocycles. The molecular weight excluding hydrogens is 316 g/mol. The van der Waals surface area contributed by atoms with Crippen LogP contribution >= 0.6 is 12.4 Å². The summed E-state index contributed by atoms with van der Waals surface area (Å²) >= 11 is 0. The molecule has 122 valence electrons. The highest BCUT2D eigenvalue weighted by atomic mass is 35.5. The number of nitrogens with one attached hydrogen (secondary N) is 2. The molecule has 0 bridgehead atoms. The summed E-state index contributed by atoms with van der Waals surface area (Å²) in [6.45, 7) is 4.11. The van der Waals surface area contributed by atoms with Crippen LogP contribution in [0.2, 0.25) is 0 Å². The second kappa shape index (κ2) is 9.22. The van der Waals surface area contributed by atoms with Gasteiger partial charge in [0.1, 0.15) is 18.5 Å². The van der Waals surface area contributed by atoms with Crippen LogP contribution in [0.5, 0.6) is 5.75 Å². The fraction of sp³-hybridized carbons (Fsp3) is 0.538. The Labute approximate surface area is 132 Å². The van der Waals surface area contributed by atoms with Crippen molar-refractivity contribution in [1.82, 2.24) is 10.0 Å². The summed E-state index contributed by atoms with van der Waals surface area (Å²) in [4.78, 5) is 0.189. The minimum Gasteiger partial charge on any atom is -0.491 e. The van der Waals surface area contributed by atoms with Crippen molar-refractivity contribution in [1.29, 1.82) is 0 Å². The monoisotopic (exact) mass is 338 g/mol. The molecule has 6 nitrogen and oxygen atoms in total. The molecule has 0 aliphatic carbocycles. The first-order chi connectivity index (χ1) is 9.35. The summed E-state index contributed by atoms with van der Waals surface area (Å²) in [5.41, 5.74) is 0. The topological polar surface area (TPSA) is 87.7 Å². The highest BCUT2D eigenvalue weighted by Gasteiger charge is 2.15. The van der Waals surface area contributed by atoms with Gasteiger partial charge in [-0.15, -0.1) is 12.4 Å². The van der Waals surface area contributed by atoms with E-state index >= 15 is 0 Å². The molecule has 0 heterocycles. The Kier molecular flexibility index (Phi) is 8.84. The van der Waals surface area contributed by atoms with Crippen molar-refractivity contribution >= 4 is 22.4 Å². The van der Waals surface area contributed by atoms with Gasteiger partial charge < -0.3 is 15.2 Å². The number of likely N-dealkylation sites (N-methyl/N-ethyl adjacent to an activating group) is 1. The number of halogens is 1. The molecule has 1 unspecified atom stereocenters. The summed E-state index contributed by atoms with van der Waals surface area (Å²) in [5.74, 6) is 0.517. The molecule has 0 amide bonds. The van der Waals surface area contributed by atoms with E-state index in [0.29, 0.717) is 12.3 Å². The molecule has 3 N–H and O–H groups in total. The Bertz CT molecular complexity index is 505. The molecule has 1 aromatic rings. The van der Waals surface area contributed by atoms with Crippen molar-refractivity contribution in [3.63, 3.8) is 0 Å². The van der Waals surface area contributed by atoms with Gasteiger partial charge in [-0.2, -0.15) is 0 Å². The Morgan fingerprint density at radius 2 is 1.81 bits per heavy atom. The van der Waals surface area contributed by atoms with Crippen molar-refractivity contribution in [3.8, 4) is 5.75 Å². The zero-order chi connectivity index (χ0) is 15.2. The maximum atomic E-state index is 11.9. The van der Waals surface area contributed by atoms with E-state index in [0.717, 1.165) is 0 Å². The lowest BCUT2D eigenvalue weighted by Gasteiger charge is -2.13. The third kappa shape index (κ3) is 7.10. The maximum Gasteiger partial charge on any atom is 0.240 e. The van der Waals surface area contributed by atoms with Gasteiger partial charge in [0.2, 0.25) is 10.0 Å². The van der Waals surface area contributed by atoms with Crippen LogP contribution in [0.25, 0.3) is 0 Å². The molecule has 0 aliphatic rings. The van der Waals surface area contributed by atoms with E-state index in [1.165, 1.54) is 12.1 Å². The standard InChI is InChI=1S/C13H22N2O4S.ClH/c1-10(2)15-20(17,18)13-6-4-12(5-7-13)19-9-11(16)8-14-3;/h4-7,10-11,14-16H,8-9H2,1-3H3;1H. The van der Waals surface area contributed by atoms with Crippen molar-refractivity contribution < 1.29 is 18.3 Å². The number of aliphatic hydroxyl groups excluding tert-OH is 1. The number of rotatable bonds is 8. The summed E-state index contributed by atoms with van der Waals surface area (Å²) in [6, 6.07) is 5.93. The molecule has 0 spiro atoms. The van der Waals surface area contributed by atoms with E-state index in [1.807, 2.05) is 0 Å². The molecule has 8 heteroatoms. The molecule has 0 aromatic heterocycles. The van der Waals surface area contributed by atoms with Crippen LogP contribution in [0, 0.1) is 0 Å². The van der Waals surface area contributed by atoms with Crippen LogP contribution < -0.4 is 14.8 Å². The number of hydrogen-bond acceptors (Lipinski definition) is 5. The van der Waals surface area contributed by atoms with Crippen LogP contribution in [-0.4, -0.2) is 45.9 Å². The minimum atomic E-state index is -3.48. The largest absolute Gasteiger partial charge is 0.491 e. The van der Waals surface area contributed by atoms with Gasteiger partial charge in [-0.25, -0.2) is 13.1 Å². The number of ether oxygens (including phenoxy) is 1. The average molecular weight is 339 g/mol. The van der Waals surface area contributed by atoms with Gasteiger partial charge in [0.15, 0.2) is 0 Å². The predicted molar refractivity (Wildman–Crippen MR) is 84.6 cm³/mol. The lowest BCUT2D eigenvalue weighted by atomic mass is 10.3. The van der Waals surface area contributed by atoms with Gasteiger partial charge in [-0.3, -0.25) is 0 Å². The molecule has 0 radical (unpaired) electrons. The van der Waals surface area contributed by atoms with E-state index < -0.39 is 16.1 Å². The van der Waals surface area contributed by atoms with Crippen molar-refractivity contribution in [2.75, 3.05) is 20.2 Å². The first-order valence-electron chi connectivity index (χ1n) is 6.43. The molecule has 1 atom stereocenters. The van der Waals surface area contributed by atoms with Gasteiger partial charge in [-0.05, 0) is 45.2 Å². The molecular formula is C13H23ClN2O4S. The third-order valence-corrected chi connectivity index (χ3v) is 4.08. The Morgan fingerprint density at radius 1 is 1.24 bits per heavy atom. The Hall–Kier alpha value is -0.860. The minimum absolute atomic E-state index is 0. The average Bonchev–Trinajstić information content (AvgIpc) is 2.36. The van der Waals surface area contributed by atoms with E-state index in [1.54, 1.807) is 33.0 Å². The molecule has 1 aromatic carbocycles. The second-order valence-corrected chi connectivity index (χ2v) is 6.48. The molecule has 21 heavy (non-hydrogen) atoms. The van der Waals surface area contributed by atoms with Crippen molar-refractivity contribution in [2.24, 2.45) is 0 Å². The summed E-state index contributed by atoms with van der Waals surface area (Å²) in [6.07, 6.45) is -0.606. The van der Waals surface area contributed by atoms with Gasteiger partial charge in [0.05, 0.1) is 4.90 Å². The van der Waals surface area contributed by atoms with Gasteiger partial charge >= 0.3 is 0 Å². The fourth-order valence-electron chi connectivity index (χ4n) is 1.58. The van der Waals surface area contributed by atoms with Gasteiger partial charge in [0, 0.05) is 12.6 Å². The number of sulfonamides is 1.